The molecule has 0 saturated carbocycles. The molecule has 0 atom stereocenters. The van der Waals surface area contributed by atoms with Gasteiger partial charge in [-0.15, -0.1) is 0 Å². The summed E-state index contributed by atoms with van der Waals surface area (Å²) in [7, 11) is -3.52. The lowest BCUT2D eigenvalue weighted by atomic mass is 9.87. The zero-order valence-electron chi connectivity index (χ0n) is 16.8. The van der Waals surface area contributed by atoms with Crippen LogP contribution in [0, 0.1) is 0 Å². The quantitative estimate of drug-likeness (QED) is 0.703. The molecule has 0 unspecified atom stereocenters. The zero-order valence-corrected chi connectivity index (χ0v) is 17.6. The van der Waals surface area contributed by atoms with E-state index in [0.717, 1.165) is 0 Å². The van der Waals surface area contributed by atoms with Crippen LogP contribution in [0.3, 0.4) is 0 Å². The van der Waals surface area contributed by atoms with Crippen LogP contribution in [-0.2, 0) is 20.2 Å². The van der Waals surface area contributed by atoms with E-state index in [4.69, 9.17) is 4.74 Å². The summed E-state index contributed by atoms with van der Waals surface area (Å²) in [6.07, 6.45) is 0.715. The van der Waals surface area contributed by atoms with E-state index < -0.39 is 10.0 Å². The van der Waals surface area contributed by atoms with Crippen LogP contribution in [-0.4, -0.2) is 27.5 Å². The van der Waals surface area contributed by atoms with Crippen LogP contribution >= 0.6 is 0 Å². The molecule has 0 heterocycles. The van der Waals surface area contributed by atoms with Crippen molar-refractivity contribution in [1.29, 1.82) is 0 Å². The molecule has 0 saturated heterocycles. The molecule has 2 aromatic carbocycles. The molecule has 0 aliphatic heterocycles. The molecule has 0 radical (unpaired) electrons. The summed E-state index contributed by atoms with van der Waals surface area (Å²) < 4.78 is 32.1. The molecule has 2 N–H and O–H groups in total. The lowest BCUT2D eigenvalue weighted by molar-refractivity contribution is -0.118. The van der Waals surface area contributed by atoms with E-state index in [2.05, 4.69) is 30.8 Å². The van der Waals surface area contributed by atoms with Crippen molar-refractivity contribution in [3.63, 3.8) is 0 Å². The Morgan fingerprint density at radius 2 is 1.61 bits per heavy atom. The van der Waals surface area contributed by atoms with Crippen LogP contribution in [0.1, 0.15) is 39.7 Å². The highest BCUT2D eigenvalue weighted by Crippen LogP contribution is 2.24. The molecule has 28 heavy (non-hydrogen) atoms. The monoisotopic (exact) mass is 404 g/mol. The highest BCUT2D eigenvalue weighted by atomic mass is 32.2. The maximum absolute atomic E-state index is 12.1. The highest BCUT2D eigenvalue weighted by Gasteiger charge is 2.14. The largest absolute Gasteiger partial charge is 0.484 e. The number of carbonyl (C=O) groups is 1. The van der Waals surface area contributed by atoms with Crippen molar-refractivity contribution in [2.75, 3.05) is 18.5 Å². The van der Waals surface area contributed by atoms with Crippen LogP contribution in [0.2, 0.25) is 0 Å². The maximum atomic E-state index is 12.1. The number of hydrogen-bond donors (Lipinski definition) is 2. The predicted octanol–water partition coefficient (Wildman–Crippen LogP) is 3.69. The first-order valence-corrected chi connectivity index (χ1v) is 10.7. The average Bonchev–Trinajstić information content (AvgIpc) is 2.65. The fourth-order valence-electron chi connectivity index (χ4n) is 2.43. The Bertz CT molecular complexity index is 883. The molecule has 1 amide bonds. The predicted molar refractivity (Wildman–Crippen MR) is 111 cm³/mol. The van der Waals surface area contributed by atoms with Gasteiger partial charge in [0.1, 0.15) is 5.75 Å². The molecule has 0 fully saturated rings. The van der Waals surface area contributed by atoms with Crippen LogP contribution in [0.25, 0.3) is 0 Å². The molecule has 7 heteroatoms. The fourth-order valence-corrected chi connectivity index (χ4v) is 3.57. The normalized spacial score (nSPS) is 11.9. The molecular formula is C21H28N2O4S. The van der Waals surface area contributed by atoms with Gasteiger partial charge in [-0.1, -0.05) is 39.8 Å². The first-order chi connectivity index (χ1) is 13.1. The van der Waals surface area contributed by atoms with Gasteiger partial charge >= 0.3 is 0 Å². The van der Waals surface area contributed by atoms with Gasteiger partial charge in [0.15, 0.2) is 6.61 Å². The Morgan fingerprint density at radius 1 is 1.00 bits per heavy atom. The first kappa shape index (κ1) is 21.9. The SMILES string of the molecule is CCCNS(=O)(=O)c1ccc(NC(=O)COc2ccc(C(C)(C)C)cc2)cc1. The number of sulfonamides is 1. The lowest BCUT2D eigenvalue weighted by Gasteiger charge is -2.19. The molecule has 6 nitrogen and oxygen atoms in total. The van der Waals surface area contributed by atoms with E-state index in [1.807, 2.05) is 31.2 Å². The van der Waals surface area contributed by atoms with Gasteiger partial charge in [0.2, 0.25) is 10.0 Å². The number of ether oxygens (including phenoxy) is 1. The van der Waals surface area contributed by atoms with Crippen molar-refractivity contribution in [1.82, 2.24) is 4.72 Å². The number of nitrogens with one attached hydrogen (secondary N) is 2. The third-order valence-corrected chi connectivity index (χ3v) is 5.56. The van der Waals surface area contributed by atoms with Gasteiger partial charge in [-0.2, -0.15) is 0 Å². The Kier molecular flexibility index (Phi) is 7.21. The van der Waals surface area contributed by atoms with Crippen molar-refractivity contribution >= 4 is 21.6 Å². The lowest BCUT2D eigenvalue weighted by Crippen LogP contribution is -2.24. The van der Waals surface area contributed by atoms with Gasteiger partial charge in [-0.05, 0) is 53.8 Å². The Labute approximate surface area is 167 Å². The van der Waals surface area contributed by atoms with E-state index >= 15 is 0 Å². The zero-order chi connectivity index (χ0) is 20.8. The molecule has 2 rings (SSSR count). The number of carbonyl (C=O) groups excluding carboxylic acids is 1. The summed E-state index contributed by atoms with van der Waals surface area (Å²) in [5.41, 5.74) is 1.75. The minimum Gasteiger partial charge on any atom is -0.484 e. The molecule has 0 aliphatic rings. The molecule has 0 bridgehead atoms. The molecule has 152 valence electrons. The fraction of sp³-hybridized carbons (Fsp3) is 0.381. The van der Waals surface area contributed by atoms with Crippen molar-refractivity contribution in [2.45, 2.75) is 44.4 Å². The van der Waals surface area contributed by atoms with Gasteiger partial charge in [0.25, 0.3) is 5.91 Å². The Morgan fingerprint density at radius 3 is 2.14 bits per heavy atom. The van der Waals surface area contributed by atoms with Gasteiger partial charge in [-0.25, -0.2) is 13.1 Å². The second-order valence-electron chi connectivity index (χ2n) is 7.53. The van der Waals surface area contributed by atoms with Gasteiger partial charge in [0, 0.05) is 12.2 Å². The number of amides is 1. The number of benzene rings is 2. The van der Waals surface area contributed by atoms with E-state index in [-0.39, 0.29) is 22.8 Å². The second-order valence-corrected chi connectivity index (χ2v) is 9.30. The summed E-state index contributed by atoms with van der Waals surface area (Å²) in [4.78, 5) is 12.2. The second kappa shape index (κ2) is 9.21. The summed E-state index contributed by atoms with van der Waals surface area (Å²) >= 11 is 0. The van der Waals surface area contributed by atoms with E-state index in [1.165, 1.54) is 17.7 Å². The van der Waals surface area contributed by atoms with Crippen LogP contribution < -0.4 is 14.8 Å². The minimum absolute atomic E-state index is 0.0571. The van der Waals surface area contributed by atoms with E-state index in [0.29, 0.717) is 24.4 Å². The highest BCUT2D eigenvalue weighted by molar-refractivity contribution is 7.89. The van der Waals surface area contributed by atoms with Crippen molar-refractivity contribution < 1.29 is 17.9 Å². The molecule has 0 aromatic heterocycles. The summed E-state index contributed by atoms with van der Waals surface area (Å²) in [5, 5.41) is 2.69. The topological polar surface area (TPSA) is 84.5 Å². The first-order valence-electron chi connectivity index (χ1n) is 9.25. The van der Waals surface area contributed by atoms with E-state index in [1.54, 1.807) is 12.1 Å². The summed E-state index contributed by atoms with van der Waals surface area (Å²) in [5.74, 6) is 0.297. The Hall–Kier alpha value is -2.38. The summed E-state index contributed by atoms with van der Waals surface area (Å²) in [6, 6.07) is 13.7. The van der Waals surface area contributed by atoms with Gasteiger partial charge < -0.3 is 10.1 Å². The number of rotatable bonds is 8. The maximum Gasteiger partial charge on any atom is 0.262 e. The van der Waals surface area contributed by atoms with E-state index in [9.17, 15) is 13.2 Å². The third-order valence-electron chi connectivity index (χ3n) is 4.08. The number of hydrogen-bond acceptors (Lipinski definition) is 4. The summed E-state index contributed by atoms with van der Waals surface area (Å²) in [6.45, 7) is 8.54. The minimum atomic E-state index is -3.52. The standard InChI is InChI=1S/C21H28N2O4S/c1-5-14-22-28(25,26)19-12-8-17(9-13-19)23-20(24)15-27-18-10-6-16(7-11-18)21(2,3)4/h6-13,22H,5,14-15H2,1-4H3,(H,23,24). The molecule has 0 aliphatic carbocycles. The van der Waals surface area contributed by atoms with Crippen LogP contribution in [0.4, 0.5) is 5.69 Å². The van der Waals surface area contributed by atoms with Crippen molar-refractivity contribution in [2.24, 2.45) is 0 Å². The third kappa shape index (κ3) is 6.35. The molecular weight excluding hydrogens is 376 g/mol. The van der Waals surface area contributed by atoms with Crippen molar-refractivity contribution in [3.05, 3.63) is 54.1 Å². The molecule has 0 spiro atoms. The van der Waals surface area contributed by atoms with Crippen LogP contribution in [0.15, 0.2) is 53.4 Å². The number of anilines is 1. The average molecular weight is 405 g/mol. The smallest absolute Gasteiger partial charge is 0.262 e. The molecule has 2 aromatic rings. The Balaban J connectivity index is 1.89. The van der Waals surface area contributed by atoms with Gasteiger partial charge in [-0.3, -0.25) is 4.79 Å². The van der Waals surface area contributed by atoms with Crippen LogP contribution in [0.5, 0.6) is 5.75 Å². The van der Waals surface area contributed by atoms with Gasteiger partial charge in [0.05, 0.1) is 4.90 Å². The van der Waals surface area contributed by atoms with Crippen molar-refractivity contribution in [3.8, 4) is 5.75 Å².